The first kappa shape index (κ1) is 14.2. The van der Waals surface area contributed by atoms with Crippen LogP contribution in [0.1, 0.15) is 12.8 Å². The summed E-state index contributed by atoms with van der Waals surface area (Å²) in [6.07, 6.45) is 1.90. The fourth-order valence-electron chi connectivity index (χ4n) is 1.98. The highest BCUT2D eigenvalue weighted by Gasteiger charge is 2.31. The molecule has 1 heterocycles. The summed E-state index contributed by atoms with van der Waals surface area (Å²) in [5.41, 5.74) is 0.104. The van der Waals surface area contributed by atoms with Gasteiger partial charge in [-0.05, 0) is 36.1 Å². The number of hydrogen-bond donors (Lipinski definition) is 1. The van der Waals surface area contributed by atoms with E-state index in [1.54, 1.807) is 0 Å². The molecule has 100 valence electrons. The van der Waals surface area contributed by atoms with Gasteiger partial charge in [0.1, 0.15) is 11.6 Å². The molecule has 1 aromatic rings. The fraction of sp³-hybridized carbons (Fsp3) is 0.538. The van der Waals surface area contributed by atoms with E-state index in [-0.39, 0.29) is 5.41 Å². The number of thiol groups is 1. The number of rotatable bonds is 4. The zero-order chi connectivity index (χ0) is 13.0. The summed E-state index contributed by atoms with van der Waals surface area (Å²) in [5, 5.41) is 0. The van der Waals surface area contributed by atoms with Crippen LogP contribution in [0.4, 0.5) is 8.78 Å². The van der Waals surface area contributed by atoms with E-state index in [9.17, 15) is 8.78 Å². The average molecular weight is 290 g/mol. The average Bonchev–Trinajstić information content (AvgIpc) is 2.39. The van der Waals surface area contributed by atoms with Gasteiger partial charge >= 0.3 is 0 Å². The lowest BCUT2D eigenvalue weighted by molar-refractivity contribution is 0.0371. The molecular formula is C13H16F2OS2. The minimum absolute atomic E-state index is 0.104. The lowest BCUT2D eigenvalue weighted by Crippen LogP contribution is -2.33. The van der Waals surface area contributed by atoms with Crippen molar-refractivity contribution in [3.63, 3.8) is 0 Å². The molecule has 0 atom stereocenters. The van der Waals surface area contributed by atoms with Crippen molar-refractivity contribution in [1.82, 2.24) is 0 Å². The van der Waals surface area contributed by atoms with Crippen LogP contribution >= 0.6 is 24.4 Å². The summed E-state index contributed by atoms with van der Waals surface area (Å²) in [5.74, 6) is 0.544. The summed E-state index contributed by atoms with van der Waals surface area (Å²) < 4.78 is 31.7. The molecule has 0 unspecified atom stereocenters. The molecule has 0 saturated carbocycles. The Morgan fingerprint density at radius 1 is 1.28 bits per heavy atom. The van der Waals surface area contributed by atoms with Crippen molar-refractivity contribution in [3.05, 3.63) is 29.8 Å². The summed E-state index contributed by atoms with van der Waals surface area (Å²) in [4.78, 5) is 0.504. The lowest BCUT2D eigenvalue weighted by atomic mass is 9.84. The molecule has 1 nitrogen and oxygen atoms in total. The van der Waals surface area contributed by atoms with Crippen LogP contribution < -0.4 is 0 Å². The molecule has 1 aliphatic rings. The second-order valence-corrected chi connectivity index (χ2v) is 5.97. The van der Waals surface area contributed by atoms with Gasteiger partial charge in [0, 0.05) is 29.9 Å². The number of halogens is 2. The van der Waals surface area contributed by atoms with Crippen molar-refractivity contribution >= 4 is 24.4 Å². The van der Waals surface area contributed by atoms with Gasteiger partial charge in [-0.1, -0.05) is 0 Å². The molecule has 0 radical (unpaired) electrons. The third kappa shape index (κ3) is 3.39. The van der Waals surface area contributed by atoms with Crippen LogP contribution in [-0.2, 0) is 4.74 Å². The zero-order valence-corrected chi connectivity index (χ0v) is 11.7. The Morgan fingerprint density at radius 2 is 2.00 bits per heavy atom. The molecule has 0 aliphatic carbocycles. The second-order valence-electron chi connectivity index (χ2n) is 4.63. The van der Waals surface area contributed by atoms with Crippen molar-refractivity contribution in [3.8, 4) is 0 Å². The predicted octanol–water partition coefficient (Wildman–Crippen LogP) is 3.78. The first-order chi connectivity index (χ1) is 8.65. The highest BCUT2D eigenvalue weighted by molar-refractivity contribution is 7.99. The molecule has 0 aromatic heterocycles. The third-order valence-corrected chi connectivity index (χ3v) is 5.39. The van der Waals surface area contributed by atoms with Crippen LogP contribution in [0.2, 0.25) is 0 Å². The van der Waals surface area contributed by atoms with Crippen molar-refractivity contribution in [2.24, 2.45) is 5.41 Å². The van der Waals surface area contributed by atoms with Crippen LogP contribution in [0, 0.1) is 17.0 Å². The van der Waals surface area contributed by atoms with Gasteiger partial charge in [0.15, 0.2) is 0 Å². The van der Waals surface area contributed by atoms with Crippen molar-refractivity contribution in [2.45, 2.75) is 17.7 Å². The Bertz CT molecular complexity index is 406. The van der Waals surface area contributed by atoms with Gasteiger partial charge in [0.05, 0.1) is 0 Å². The summed E-state index contributed by atoms with van der Waals surface area (Å²) in [6, 6.07) is 3.73. The lowest BCUT2D eigenvalue weighted by Gasteiger charge is -2.35. The molecular weight excluding hydrogens is 274 g/mol. The molecule has 1 saturated heterocycles. The summed E-state index contributed by atoms with van der Waals surface area (Å²) in [6.45, 7) is 1.49. The van der Waals surface area contributed by atoms with Gasteiger partial charge in [-0.3, -0.25) is 0 Å². The Kier molecular flexibility index (Phi) is 4.92. The zero-order valence-electron chi connectivity index (χ0n) is 9.99. The van der Waals surface area contributed by atoms with E-state index in [0.29, 0.717) is 4.90 Å². The summed E-state index contributed by atoms with van der Waals surface area (Å²) >= 11 is 5.85. The minimum atomic E-state index is -0.535. The van der Waals surface area contributed by atoms with Crippen molar-refractivity contribution in [2.75, 3.05) is 24.7 Å². The molecule has 2 rings (SSSR count). The summed E-state index contributed by atoms with van der Waals surface area (Å²) in [7, 11) is 0. The first-order valence-corrected chi connectivity index (χ1v) is 7.53. The van der Waals surface area contributed by atoms with E-state index in [1.807, 2.05) is 0 Å². The van der Waals surface area contributed by atoms with Crippen LogP contribution in [0.25, 0.3) is 0 Å². The Balaban J connectivity index is 2.01. The normalized spacial score (nSPS) is 18.8. The number of hydrogen-bond acceptors (Lipinski definition) is 3. The van der Waals surface area contributed by atoms with Crippen LogP contribution in [0.15, 0.2) is 23.1 Å². The largest absolute Gasteiger partial charge is 0.381 e. The fourth-order valence-corrected chi connectivity index (χ4v) is 3.77. The molecule has 1 fully saturated rings. The standard InChI is InChI=1S/C13H16F2OS2/c14-10-1-2-12(11(15)7-10)18-9-13(8-17)3-5-16-6-4-13/h1-2,7,17H,3-6,8-9H2. The minimum Gasteiger partial charge on any atom is -0.381 e. The van der Waals surface area contributed by atoms with Gasteiger partial charge in [-0.2, -0.15) is 12.6 Å². The third-order valence-electron chi connectivity index (χ3n) is 3.32. The quantitative estimate of drug-likeness (QED) is 0.667. The van der Waals surface area contributed by atoms with Gasteiger partial charge < -0.3 is 4.74 Å². The second kappa shape index (κ2) is 6.26. The van der Waals surface area contributed by atoms with E-state index in [4.69, 9.17) is 4.74 Å². The predicted molar refractivity (Wildman–Crippen MR) is 73.4 cm³/mol. The Labute approximate surface area is 116 Å². The van der Waals surface area contributed by atoms with Gasteiger partial charge in [0.2, 0.25) is 0 Å². The van der Waals surface area contributed by atoms with E-state index in [1.165, 1.54) is 23.9 Å². The number of ether oxygens (including phenoxy) is 1. The van der Waals surface area contributed by atoms with Crippen molar-refractivity contribution < 1.29 is 13.5 Å². The molecule has 0 amide bonds. The Hall–Kier alpha value is -0.260. The monoisotopic (exact) mass is 290 g/mol. The van der Waals surface area contributed by atoms with Gasteiger partial charge in [-0.25, -0.2) is 8.78 Å². The highest BCUT2D eigenvalue weighted by Crippen LogP contribution is 2.38. The van der Waals surface area contributed by atoms with Gasteiger partial charge in [-0.15, -0.1) is 11.8 Å². The number of benzene rings is 1. The van der Waals surface area contributed by atoms with Gasteiger partial charge in [0.25, 0.3) is 0 Å². The smallest absolute Gasteiger partial charge is 0.139 e. The molecule has 5 heteroatoms. The molecule has 18 heavy (non-hydrogen) atoms. The Morgan fingerprint density at radius 3 is 2.61 bits per heavy atom. The molecule has 0 bridgehead atoms. The topological polar surface area (TPSA) is 9.23 Å². The van der Waals surface area contributed by atoms with E-state index in [2.05, 4.69) is 12.6 Å². The maximum atomic E-state index is 13.5. The van der Waals surface area contributed by atoms with Crippen LogP contribution in [0.3, 0.4) is 0 Å². The highest BCUT2D eigenvalue weighted by atomic mass is 32.2. The maximum Gasteiger partial charge on any atom is 0.139 e. The SMILES string of the molecule is Fc1ccc(SCC2(CS)CCOCC2)c(F)c1. The molecule has 0 spiro atoms. The van der Waals surface area contributed by atoms with Crippen molar-refractivity contribution in [1.29, 1.82) is 0 Å². The first-order valence-electron chi connectivity index (χ1n) is 5.92. The molecule has 0 N–H and O–H groups in total. The van der Waals surface area contributed by atoms with E-state index < -0.39 is 11.6 Å². The van der Waals surface area contributed by atoms with E-state index in [0.717, 1.165) is 43.6 Å². The molecule has 1 aliphatic heterocycles. The number of thioether (sulfide) groups is 1. The maximum absolute atomic E-state index is 13.5. The van der Waals surface area contributed by atoms with Crippen LogP contribution in [0.5, 0.6) is 0 Å². The molecule has 1 aromatic carbocycles. The van der Waals surface area contributed by atoms with Crippen LogP contribution in [-0.4, -0.2) is 24.7 Å². The van der Waals surface area contributed by atoms with E-state index >= 15 is 0 Å².